The van der Waals surface area contributed by atoms with Crippen LogP contribution in [0.25, 0.3) is 22.3 Å². The lowest BCUT2D eigenvalue weighted by atomic mass is 10.1. The van der Waals surface area contributed by atoms with Gasteiger partial charge in [-0.25, -0.2) is 19.9 Å². The van der Waals surface area contributed by atoms with E-state index in [1.807, 2.05) is 12.1 Å². The van der Waals surface area contributed by atoms with E-state index in [0.29, 0.717) is 28.4 Å². The average molecular weight is 549 g/mol. The molecule has 1 aliphatic heterocycles. The summed E-state index contributed by atoms with van der Waals surface area (Å²) < 4.78 is 68.3. The first-order chi connectivity index (χ1) is 18.6. The first-order valence-corrected chi connectivity index (χ1v) is 12.2. The molecule has 1 fully saturated rings. The summed E-state index contributed by atoms with van der Waals surface area (Å²) in [5.41, 5.74) is 3.24. The van der Waals surface area contributed by atoms with Gasteiger partial charge in [0.05, 0.1) is 16.7 Å². The van der Waals surface area contributed by atoms with Crippen LogP contribution in [0.2, 0.25) is 0 Å². The van der Waals surface area contributed by atoms with Gasteiger partial charge in [-0.2, -0.15) is 22.0 Å². The van der Waals surface area contributed by atoms with Crippen LogP contribution in [-0.2, 0) is 0 Å². The molecular formula is C25H25F5N8O. The maximum Gasteiger partial charge on any atom is 0.456 e. The number of alkyl halides is 5. The zero-order valence-corrected chi connectivity index (χ0v) is 20.8. The number of ether oxygens (including phenoxy) is 1. The second kappa shape index (κ2) is 10.7. The van der Waals surface area contributed by atoms with Crippen molar-refractivity contribution in [3.63, 3.8) is 0 Å². The number of aromatic amines is 1. The van der Waals surface area contributed by atoms with Gasteiger partial charge in [-0.15, -0.1) is 0 Å². The Bertz CT molecular complexity index is 1440. The minimum atomic E-state index is -5.72. The summed E-state index contributed by atoms with van der Waals surface area (Å²) in [5, 5.41) is 6.54. The normalized spacial score (nSPS) is 15.8. The van der Waals surface area contributed by atoms with Gasteiger partial charge in [0.1, 0.15) is 12.1 Å². The van der Waals surface area contributed by atoms with Crippen molar-refractivity contribution in [3.8, 4) is 17.1 Å². The summed E-state index contributed by atoms with van der Waals surface area (Å²) in [5.74, 6) is -4.32. The zero-order valence-electron chi connectivity index (χ0n) is 20.8. The van der Waals surface area contributed by atoms with Gasteiger partial charge in [-0.1, -0.05) is 6.07 Å². The molecule has 0 saturated carbocycles. The number of halogens is 5. The molecule has 0 amide bonds. The number of nitrogens with one attached hydrogen (secondary N) is 3. The molecule has 0 radical (unpaired) electrons. The Morgan fingerprint density at radius 1 is 1.03 bits per heavy atom. The zero-order chi connectivity index (χ0) is 27.6. The van der Waals surface area contributed by atoms with Gasteiger partial charge in [0, 0.05) is 50.0 Å². The second-order valence-corrected chi connectivity index (χ2v) is 9.11. The SMILES string of the molecule is CC(c1ccnc(Nc2nc3ccc(-c4cc(OCC(F)(F)C(F)(F)F)ncn4)cc3[nH]2)c1)N1CCNCC1. The largest absolute Gasteiger partial charge is 0.471 e. The van der Waals surface area contributed by atoms with Crippen LogP contribution in [0, 0.1) is 0 Å². The van der Waals surface area contributed by atoms with Crippen LogP contribution in [-0.4, -0.2) is 74.7 Å². The van der Waals surface area contributed by atoms with Crippen molar-refractivity contribution >= 4 is 22.8 Å². The highest BCUT2D eigenvalue weighted by atomic mass is 19.4. The molecule has 39 heavy (non-hydrogen) atoms. The Morgan fingerprint density at radius 3 is 2.59 bits per heavy atom. The highest BCUT2D eigenvalue weighted by Gasteiger charge is 2.58. The van der Waals surface area contributed by atoms with Gasteiger partial charge in [-0.05, 0) is 36.8 Å². The van der Waals surface area contributed by atoms with E-state index in [9.17, 15) is 22.0 Å². The molecule has 3 aromatic heterocycles. The first-order valence-electron chi connectivity index (χ1n) is 12.2. The summed E-state index contributed by atoms with van der Waals surface area (Å²) in [6.07, 6.45) is -2.95. The Kier molecular flexibility index (Phi) is 7.32. The lowest BCUT2D eigenvalue weighted by molar-refractivity contribution is -0.290. The monoisotopic (exact) mass is 548 g/mol. The van der Waals surface area contributed by atoms with Gasteiger partial charge < -0.3 is 20.4 Å². The van der Waals surface area contributed by atoms with Crippen LogP contribution in [0.15, 0.2) is 48.9 Å². The molecule has 0 spiro atoms. The molecular weight excluding hydrogens is 523 g/mol. The fraction of sp³-hybridized carbons (Fsp3) is 0.360. The van der Waals surface area contributed by atoms with E-state index in [1.165, 1.54) is 6.07 Å². The van der Waals surface area contributed by atoms with Gasteiger partial charge in [0.25, 0.3) is 0 Å². The van der Waals surface area contributed by atoms with E-state index < -0.39 is 24.6 Å². The van der Waals surface area contributed by atoms with Crippen LogP contribution in [0.5, 0.6) is 5.88 Å². The molecule has 1 aliphatic rings. The van der Waals surface area contributed by atoms with Crippen LogP contribution in [0.3, 0.4) is 0 Å². The van der Waals surface area contributed by atoms with Crippen molar-refractivity contribution in [3.05, 3.63) is 54.5 Å². The molecule has 0 bridgehead atoms. The summed E-state index contributed by atoms with van der Waals surface area (Å²) in [7, 11) is 0. The number of H-pyrrole nitrogens is 1. The Hall–Kier alpha value is -3.91. The number of hydrogen-bond acceptors (Lipinski definition) is 8. The molecule has 4 heterocycles. The number of hydrogen-bond donors (Lipinski definition) is 3. The second-order valence-electron chi connectivity index (χ2n) is 9.11. The first kappa shape index (κ1) is 26.7. The van der Waals surface area contributed by atoms with Gasteiger partial charge in [0.2, 0.25) is 11.8 Å². The quantitative estimate of drug-likeness (QED) is 0.272. The van der Waals surface area contributed by atoms with Gasteiger partial charge >= 0.3 is 12.1 Å². The third kappa shape index (κ3) is 6.06. The lowest BCUT2D eigenvalue weighted by Crippen LogP contribution is -2.44. The highest BCUT2D eigenvalue weighted by molar-refractivity contribution is 5.83. The summed E-state index contributed by atoms with van der Waals surface area (Å²) in [6.45, 7) is 4.14. The number of rotatable bonds is 8. The lowest BCUT2D eigenvalue weighted by Gasteiger charge is -2.33. The molecule has 3 N–H and O–H groups in total. The van der Waals surface area contributed by atoms with Crippen molar-refractivity contribution in [2.75, 3.05) is 38.1 Å². The average Bonchev–Trinajstić information content (AvgIpc) is 3.33. The van der Waals surface area contributed by atoms with E-state index >= 15 is 0 Å². The van der Waals surface area contributed by atoms with Crippen LogP contribution >= 0.6 is 0 Å². The van der Waals surface area contributed by atoms with Crippen LogP contribution < -0.4 is 15.4 Å². The summed E-state index contributed by atoms with van der Waals surface area (Å²) >= 11 is 0. The number of anilines is 2. The fourth-order valence-electron chi connectivity index (χ4n) is 4.23. The molecule has 0 aliphatic carbocycles. The molecule has 1 atom stereocenters. The molecule has 4 aromatic rings. The van der Waals surface area contributed by atoms with Crippen LogP contribution in [0.1, 0.15) is 18.5 Å². The summed E-state index contributed by atoms with van der Waals surface area (Å²) in [6, 6.07) is 10.5. The number of piperazine rings is 1. The molecule has 1 aromatic carbocycles. The Morgan fingerprint density at radius 2 is 1.82 bits per heavy atom. The minimum Gasteiger partial charge on any atom is -0.471 e. The van der Waals surface area contributed by atoms with Crippen molar-refractivity contribution in [1.82, 2.24) is 35.1 Å². The Labute approximate surface area is 219 Å². The number of fused-ring (bicyclic) bond motifs is 1. The molecule has 1 unspecified atom stereocenters. The van der Waals surface area contributed by atoms with Gasteiger partial charge in [-0.3, -0.25) is 4.90 Å². The van der Waals surface area contributed by atoms with E-state index in [1.54, 1.807) is 24.4 Å². The summed E-state index contributed by atoms with van der Waals surface area (Å²) in [4.78, 5) is 22.2. The molecule has 5 rings (SSSR count). The van der Waals surface area contributed by atoms with Crippen molar-refractivity contribution in [1.29, 1.82) is 0 Å². The standard InChI is InChI=1S/C25H25F5N8O/c1-15(38-8-6-31-7-9-38)16-4-5-32-21(11-16)37-23-35-18-3-2-17(10-20(18)36-23)19-12-22(34-14-33-19)39-13-24(26,27)25(28,29)30/h2-5,10-12,14-15,31H,6-9,13H2,1H3,(H2,32,35,36,37). The molecule has 14 heteroatoms. The minimum absolute atomic E-state index is 0.232. The smallest absolute Gasteiger partial charge is 0.456 e. The predicted molar refractivity (Wildman–Crippen MR) is 134 cm³/mol. The maximum atomic E-state index is 13.2. The van der Waals surface area contributed by atoms with Gasteiger partial charge in [0.15, 0.2) is 6.61 Å². The topological polar surface area (TPSA) is 104 Å². The number of nitrogens with zero attached hydrogens (tertiary/aromatic N) is 5. The molecule has 206 valence electrons. The predicted octanol–water partition coefficient (Wildman–Crippen LogP) is 4.70. The number of benzene rings is 1. The third-order valence-electron chi connectivity index (χ3n) is 6.45. The number of imidazole rings is 1. The molecule has 9 nitrogen and oxygen atoms in total. The number of pyridine rings is 1. The number of aromatic nitrogens is 5. The van der Waals surface area contributed by atoms with E-state index in [4.69, 9.17) is 0 Å². The highest BCUT2D eigenvalue weighted by Crippen LogP contribution is 2.36. The van der Waals surface area contributed by atoms with Crippen molar-refractivity contribution in [2.45, 2.75) is 25.1 Å². The fourth-order valence-corrected chi connectivity index (χ4v) is 4.23. The Balaban J connectivity index is 1.30. The van der Waals surface area contributed by atoms with Crippen molar-refractivity contribution in [2.24, 2.45) is 0 Å². The van der Waals surface area contributed by atoms with E-state index in [0.717, 1.165) is 38.1 Å². The molecule has 1 saturated heterocycles. The van der Waals surface area contributed by atoms with E-state index in [-0.39, 0.29) is 11.7 Å². The van der Waals surface area contributed by atoms with Crippen LogP contribution in [0.4, 0.5) is 33.7 Å². The van der Waals surface area contributed by atoms with Crippen molar-refractivity contribution < 1.29 is 26.7 Å². The third-order valence-corrected chi connectivity index (χ3v) is 6.45. The van der Waals surface area contributed by atoms with E-state index in [2.05, 4.69) is 52.1 Å². The maximum absolute atomic E-state index is 13.2.